The molecular weight excluding hydrogens is 246 g/mol. The third-order valence-electron chi connectivity index (χ3n) is 3.53. The summed E-state index contributed by atoms with van der Waals surface area (Å²) >= 11 is 0. The largest absolute Gasteiger partial charge is 0.319 e. The minimum absolute atomic E-state index is 0.0351. The van der Waals surface area contributed by atoms with E-state index in [9.17, 15) is 17.6 Å². The lowest BCUT2D eigenvalue weighted by molar-refractivity contribution is -0.126. The van der Waals surface area contributed by atoms with Crippen molar-refractivity contribution in [1.29, 1.82) is 0 Å². The highest BCUT2D eigenvalue weighted by molar-refractivity contribution is 4.81. The second-order valence-electron chi connectivity index (χ2n) is 5.80. The molecule has 1 fully saturated rings. The Hall–Kier alpha value is -0.320. The maximum absolute atomic E-state index is 12.8. The lowest BCUT2D eigenvalue weighted by atomic mass is 9.81. The summed E-state index contributed by atoms with van der Waals surface area (Å²) in [6.07, 6.45) is 1.27. The molecule has 0 aromatic heterocycles. The molecule has 0 aliphatic heterocycles. The van der Waals surface area contributed by atoms with E-state index in [2.05, 4.69) is 19.2 Å². The van der Waals surface area contributed by atoms with Gasteiger partial charge in [0.2, 0.25) is 0 Å². The fourth-order valence-corrected chi connectivity index (χ4v) is 2.71. The van der Waals surface area contributed by atoms with Gasteiger partial charge in [-0.15, -0.1) is 0 Å². The van der Waals surface area contributed by atoms with Gasteiger partial charge in [0, 0.05) is 6.04 Å². The predicted octanol–water partition coefficient (Wildman–Crippen LogP) is 4.08. The Balaban J connectivity index is 2.34. The van der Waals surface area contributed by atoms with Gasteiger partial charge in [0.15, 0.2) is 0 Å². The van der Waals surface area contributed by atoms with Crippen molar-refractivity contribution in [2.24, 2.45) is 11.8 Å². The molecule has 0 spiro atoms. The first-order valence-corrected chi connectivity index (χ1v) is 6.70. The van der Waals surface area contributed by atoms with Gasteiger partial charge in [-0.1, -0.05) is 26.7 Å². The van der Waals surface area contributed by atoms with Crippen LogP contribution in [0.4, 0.5) is 17.6 Å². The highest BCUT2D eigenvalue weighted by Crippen LogP contribution is 2.30. The van der Waals surface area contributed by atoms with Gasteiger partial charge >= 0.3 is 12.3 Å². The van der Waals surface area contributed by atoms with E-state index < -0.39 is 18.9 Å². The van der Waals surface area contributed by atoms with E-state index in [-0.39, 0.29) is 6.04 Å². The Morgan fingerprint density at radius 2 is 1.89 bits per heavy atom. The SMILES string of the molecule is CC(C)CC1CCCC(NCC(F)(F)C(F)F)C1. The fourth-order valence-electron chi connectivity index (χ4n) is 2.71. The fraction of sp³-hybridized carbons (Fsp3) is 1.00. The maximum atomic E-state index is 12.8. The molecule has 0 heterocycles. The molecule has 1 saturated carbocycles. The van der Waals surface area contributed by atoms with Crippen LogP contribution in [0, 0.1) is 11.8 Å². The second kappa shape index (κ2) is 6.73. The van der Waals surface area contributed by atoms with Crippen molar-refractivity contribution < 1.29 is 17.6 Å². The molecule has 18 heavy (non-hydrogen) atoms. The number of hydrogen-bond acceptors (Lipinski definition) is 1. The summed E-state index contributed by atoms with van der Waals surface area (Å²) in [5.41, 5.74) is 0. The van der Waals surface area contributed by atoms with Gasteiger partial charge in [-0.2, -0.15) is 8.78 Å². The topological polar surface area (TPSA) is 12.0 Å². The van der Waals surface area contributed by atoms with Gasteiger partial charge in [-0.3, -0.25) is 0 Å². The number of hydrogen-bond donors (Lipinski definition) is 1. The van der Waals surface area contributed by atoms with Crippen molar-refractivity contribution in [1.82, 2.24) is 5.32 Å². The van der Waals surface area contributed by atoms with Crippen molar-refractivity contribution in [2.45, 2.75) is 64.3 Å². The standard InChI is InChI=1S/C13H23F4N/c1-9(2)6-10-4-3-5-11(7-10)18-8-13(16,17)12(14)15/h9-12,18H,3-8H2,1-2H3. The number of alkyl halides is 4. The third kappa shape index (κ3) is 5.12. The Bertz CT molecular complexity index is 243. The average molecular weight is 269 g/mol. The Morgan fingerprint density at radius 1 is 1.22 bits per heavy atom. The molecule has 0 saturated heterocycles. The lowest BCUT2D eigenvalue weighted by Crippen LogP contribution is -2.44. The quantitative estimate of drug-likeness (QED) is 0.716. The van der Waals surface area contributed by atoms with Crippen LogP contribution in [0.3, 0.4) is 0 Å². The number of halogens is 4. The molecule has 2 atom stereocenters. The molecule has 0 bridgehead atoms. The van der Waals surface area contributed by atoms with Crippen LogP contribution >= 0.6 is 0 Å². The molecule has 0 aromatic carbocycles. The molecule has 1 nitrogen and oxygen atoms in total. The van der Waals surface area contributed by atoms with Gasteiger partial charge in [0.05, 0.1) is 6.54 Å². The van der Waals surface area contributed by atoms with E-state index in [4.69, 9.17) is 0 Å². The van der Waals surface area contributed by atoms with Crippen LogP contribution < -0.4 is 5.32 Å². The number of nitrogens with one attached hydrogen (secondary N) is 1. The van der Waals surface area contributed by atoms with E-state index in [1.54, 1.807) is 0 Å². The number of rotatable bonds is 6. The summed E-state index contributed by atoms with van der Waals surface area (Å²) in [6, 6.07) is -0.0351. The van der Waals surface area contributed by atoms with Crippen molar-refractivity contribution in [3.05, 3.63) is 0 Å². The Kier molecular flexibility index (Phi) is 5.89. The van der Waals surface area contributed by atoms with Crippen molar-refractivity contribution in [3.8, 4) is 0 Å². The minimum Gasteiger partial charge on any atom is -0.308 e. The summed E-state index contributed by atoms with van der Waals surface area (Å²) in [5, 5.41) is 2.62. The summed E-state index contributed by atoms with van der Waals surface area (Å²) < 4.78 is 49.6. The zero-order valence-corrected chi connectivity index (χ0v) is 11.1. The second-order valence-corrected chi connectivity index (χ2v) is 5.80. The smallest absolute Gasteiger partial charge is 0.308 e. The van der Waals surface area contributed by atoms with E-state index >= 15 is 0 Å². The average Bonchev–Trinajstić information content (AvgIpc) is 2.26. The minimum atomic E-state index is -3.91. The molecule has 1 N–H and O–H groups in total. The van der Waals surface area contributed by atoms with Crippen LogP contribution in [0.25, 0.3) is 0 Å². The van der Waals surface area contributed by atoms with Crippen LogP contribution in [0.1, 0.15) is 46.0 Å². The van der Waals surface area contributed by atoms with Crippen molar-refractivity contribution in [2.75, 3.05) is 6.54 Å². The van der Waals surface area contributed by atoms with E-state index in [0.717, 1.165) is 32.1 Å². The van der Waals surface area contributed by atoms with Gasteiger partial charge in [0.25, 0.3) is 0 Å². The van der Waals surface area contributed by atoms with Gasteiger partial charge in [0.1, 0.15) is 0 Å². The molecule has 1 rings (SSSR count). The van der Waals surface area contributed by atoms with Gasteiger partial charge < -0.3 is 5.32 Å². The Labute approximate surface area is 106 Å². The van der Waals surface area contributed by atoms with Crippen LogP contribution in [0.15, 0.2) is 0 Å². The van der Waals surface area contributed by atoms with Crippen molar-refractivity contribution in [3.63, 3.8) is 0 Å². The van der Waals surface area contributed by atoms with Crippen LogP contribution in [-0.4, -0.2) is 24.9 Å². The van der Waals surface area contributed by atoms with E-state index in [1.165, 1.54) is 0 Å². The molecule has 2 unspecified atom stereocenters. The normalized spacial score (nSPS) is 26.0. The molecule has 0 aromatic rings. The lowest BCUT2D eigenvalue weighted by Gasteiger charge is -2.31. The van der Waals surface area contributed by atoms with Crippen molar-refractivity contribution >= 4 is 0 Å². The highest BCUT2D eigenvalue weighted by Gasteiger charge is 2.41. The maximum Gasteiger partial charge on any atom is 0.319 e. The zero-order chi connectivity index (χ0) is 13.8. The molecule has 0 radical (unpaired) electrons. The molecule has 5 heteroatoms. The predicted molar refractivity (Wildman–Crippen MR) is 64.2 cm³/mol. The van der Waals surface area contributed by atoms with E-state index in [1.807, 2.05) is 0 Å². The monoisotopic (exact) mass is 269 g/mol. The highest BCUT2D eigenvalue weighted by atomic mass is 19.3. The van der Waals surface area contributed by atoms with Crippen LogP contribution in [0.2, 0.25) is 0 Å². The molecule has 108 valence electrons. The first kappa shape index (κ1) is 15.7. The Morgan fingerprint density at radius 3 is 2.44 bits per heavy atom. The molecule has 1 aliphatic rings. The summed E-state index contributed by atoms with van der Waals surface area (Å²) in [5.74, 6) is -2.78. The molecule has 0 amide bonds. The zero-order valence-electron chi connectivity index (χ0n) is 11.1. The summed E-state index contributed by atoms with van der Waals surface area (Å²) in [7, 11) is 0. The van der Waals surface area contributed by atoms with Gasteiger partial charge in [-0.05, 0) is 31.1 Å². The first-order valence-electron chi connectivity index (χ1n) is 6.70. The third-order valence-corrected chi connectivity index (χ3v) is 3.53. The molecule has 1 aliphatic carbocycles. The molecular formula is C13H23F4N. The van der Waals surface area contributed by atoms with Crippen LogP contribution in [0.5, 0.6) is 0 Å². The summed E-state index contributed by atoms with van der Waals surface area (Å²) in [4.78, 5) is 0. The van der Waals surface area contributed by atoms with E-state index in [0.29, 0.717) is 11.8 Å². The first-order chi connectivity index (χ1) is 8.31. The van der Waals surface area contributed by atoms with Crippen LogP contribution in [-0.2, 0) is 0 Å². The van der Waals surface area contributed by atoms with Gasteiger partial charge in [-0.25, -0.2) is 8.78 Å². The summed E-state index contributed by atoms with van der Waals surface area (Å²) in [6.45, 7) is 3.37.